The number of fused-ring (bicyclic) bond motifs is 5. The van der Waals surface area contributed by atoms with Gasteiger partial charge in [0.25, 0.3) is 0 Å². The van der Waals surface area contributed by atoms with Gasteiger partial charge in [0.05, 0.1) is 18.1 Å². The number of ether oxygens (including phenoxy) is 3. The molecule has 0 aromatic rings. The van der Waals surface area contributed by atoms with Gasteiger partial charge in [-0.15, -0.1) is 0 Å². The molecule has 30 heavy (non-hydrogen) atoms. The lowest BCUT2D eigenvalue weighted by molar-refractivity contribution is -0.304. The van der Waals surface area contributed by atoms with Crippen LogP contribution in [0.2, 0.25) is 0 Å². The summed E-state index contributed by atoms with van der Waals surface area (Å²) in [7, 11) is -5.63. The molecule has 6 bridgehead atoms. The second-order valence-corrected chi connectivity index (χ2v) is 12.0. The molecule has 6 saturated carbocycles. The van der Waals surface area contributed by atoms with Gasteiger partial charge in [-0.3, -0.25) is 9.35 Å². The first-order valence-electron chi connectivity index (χ1n) is 10.9. The van der Waals surface area contributed by atoms with Gasteiger partial charge < -0.3 is 14.2 Å². The molecule has 7 fully saturated rings. The van der Waals surface area contributed by atoms with Gasteiger partial charge in [-0.05, 0) is 62.7 Å². The normalized spacial score (nSPS) is 51.0. The van der Waals surface area contributed by atoms with Crippen molar-refractivity contribution >= 4 is 16.1 Å². The molecule has 1 saturated heterocycles. The number of rotatable bonds is 4. The lowest BCUT2D eigenvalue weighted by Gasteiger charge is -2.58. The first-order chi connectivity index (χ1) is 14.1. The molecule has 1 heterocycles. The fraction of sp³-hybridized carbons (Fsp3) is 0.950. The molecule has 168 valence electrons. The molecule has 10 heteroatoms. The summed E-state index contributed by atoms with van der Waals surface area (Å²) >= 11 is 0. The molecule has 7 aliphatic rings. The molecule has 0 amide bonds. The van der Waals surface area contributed by atoms with E-state index in [-0.39, 0.29) is 24.0 Å². The first kappa shape index (κ1) is 19.8. The summed E-state index contributed by atoms with van der Waals surface area (Å²) in [5.74, 6) is 0.304. The Hall–Kier alpha value is -0.840. The van der Waals surface area contributed by atoms with Crippen LogP contribution in [0.15, 0.2) is 0 Å². The predicted molar refractivity (Wildman–Crippen MR) is 96.7 cm³/mol. The molecule has 0 aromatic carbocycles. The van der Waals surface area contributed by atoms with Crippen LogP contribution in [-0.2, 0) is 29.1 Å². The van der Waals surface area contributed by atoms with Gasteiger partial charge >= 0.3 is 21.3 Å². The lowest BCUT2D eigenvalue weighted by Crippen LogP contribution is -2.59. The number of halogens is 2. The largest absolute Gasteiger partial charge is 0.458 e. The highest BCUT2D eigenvalue weighted by Gasteiger charge is 2.70. The summed E-state index contributed by atoms with van der Waals surface area (Å²) in [6, 6.07) is 0. The highest BCUT2D eigenvalue weighted by atomic mass is 32.2. The summed E-state index contributed by atoms with van der Waals surface area (Å²) < 4.78 is 74.8. The van der Waals surface area contributed by atoms with Crippen LogP contribution in [-0.4, -0.2) is 48.8 Å². The Morgan fingerprint density at radius 1 is 1.00 bits per heavy atom. The first-order valence-corrected chi connectivity index (χ1v) is 12.4. The third-order valence-electron chi connectivity index (χ3n) is 8.84. The van der Waals surface area contributed by atoms with E-state index in [0.29, 0.717) is 18.3 Å². The maximum absolute atomic E-state index is 13.4. The zero-order valence-electron chi connectivity index (χ0n) is 16.4. The van der Waals surface area contributed by atoms with Gasteiger partial charge in [-0.1, -0.05) is 0 Å². The Morgan fingerprint density at radius 2 is 1.60 bits per heavy atom. The quantitative estimate of drug-likeness (QED) is 0.521. The zero-order chi connectivity index (χ0) is 21.1. The average molecular weight is 448 g/mol. The molecule has 7 nitrogen and oxygen atoms in total. The van der Waals surface area contributed by atoms with E-state index in [1.807, 2.05) is 0 Å². The van der Waals surface area contributed by atoms with Crippen LogP contribution >= 0.6 is 0 Å². The van der Waals surface area contributed by atoms with Crippen molar-refractivity contribution in [2.75, 3.05) is 6.61 Å². The van der Waals surface area contributed by atoms with Gasteiger partial charge in [0, 0.05) is 17.8 Å². The van der Waals surface area contributed by atoms with Crippen LogP contribution in [0.3, 0.4) is 0 Å². The van der Waals surface area contributed by atoms with Crippen LogP contribution in [0.1, 0.15) is 44.9 Å². The Kier molecular flexibility index (Phi) is 4.06. The molecule has 5 atom stereocenters. The zero-order valence-corrected chi connectivity index (χ0v) is 17.2. The van der Waals surface area contributed by atoms with Gasteiger partial charge in [-0.2, -0.15) is 17.2 Å². The molecule has 1 N–H and O–H groups in total. The Balaban J connectivity index is 1.16. The second-order valence-electron chi connectivity index (χ2n) is 10.4. The number of esters is 1. The monoisotopic (exact) mass is 448 g/mol. The molecule has 6 aliphatic carbocycles. The van der Waals surface area contributed by atoms with E-state index in [9.17, 15) is 22.0 Å². The summed E-state index contributed by atoms with van der Waals surface area (Å²) in [4.78, 5) is 12.5. The van der Waals surface area contributed by atoms with Crippen LogP contribution in [0, 0.1) is 41.4 Å². The second kappa shape index (κ2) is 6.14. The summed E-state index contributed by atoms with van der Waals surface area (Å²) in [5, 5.41) is -4.51. The fourth-order valence-corrected chi connectivity index (χ4v) is 8.07. The van der Waals surface area contributed by atoms with Gasteiger partial charge in [-0.25, -0.2) is 0 Å². The van der Waals surface area contributed by atoms with E-state index >= 15 is 0 Å². The van der Waals surface area contributed by atoms with E-state index in [4.69, 9.17) is 14.0 Å². The predicted octanol–water partition coefficient (Wildman–Crippen LogP) is 2.60. The van der Waals surface area contributed by atoms with E-state index in [2.05, 4.69) is 4.74 Å². The van der Waals surface area contributed by atoms with E-state index in [1.54, 1.807) is 0 Å². The van der Waals surface area contributed by atoms with E-state index < -0.39 is 39.7 Å². The Morgan fingerprint density at radius 3 is 2.20 bits per heavy atom. The number of carbonyl (C=O) groups is 1. The molecule has 1 aliphatic heterocycles. The smallest absolute Gasteiger partial charge is 0.402 e. The SMILES string of the molecule is O=C(OCC(F)(F)S(=O)(=O)O)C1CC2CC1C1OC3(OC21)C1CC2CC(C1)CC3C2. The van der Waals surface area contributed by atoms with Crippen LogP contribution in [0.25, 0.3) is 0 Å². The van der Waals surface area contributed by atoms with Crippen LogP contribution < -0.4 is 0 Å². The van der Waals surface area contributed by atoms with E-state index in [1.165, 1.54) is 6.42 Å². The molecule has 1 spiro atoms. The van der Waals surface area contributed by atoms with E-state index in [0.717, 1.165) is 43.9 Å². The Bertz CT molecular complexity index is 846. The van der Waals surface area contributed by atoms with Crippen molar-refractivity contribution in [3.8, 4) is 0 Å². The van der Waals surface area contributed by atoms with Crippen molar-refractivity contribution in [1.29, 1.82) is 0 Å². The molecular weight excluding hydrogens is 422 g/mol. The standard InChI is InChI=1S/C20H26F2O7S/c21-19(22,30(24,25)26)8-27-18(23)15-7-11-6-14(15)17-16(11)28-20(29-17)12-2-9-1-10(4-12)5-13(20)3-9/h9-17H,1-8H2,(H,24,25,26). The summed E-state index contributed by atoms with van der Waals surface area (Å²) in [6.45, 7) is -1.68. The number of hydrogen-bond acceptors (Lipinski definition) is 6. The van der Waals surface area contributed by atoms with Crippen molar-refractivity contribution in [3.05, 3.63) is 0 Å². The fourth-order valence-electron chi connectivity index (χ4n) is 7.86. The third-order valence-corrected chi connectivity index (χ3v) is 9.71. The van der Waals surface area contributed by atoms with Crippen molar-refractivity contribution < 1.29 is 40.8 Å². The van der Waals surface area contributed by atoms with Crippen LogP contribution in [0.4, 0.5) is 8.78 Å². The minimum Gasteiger partial charge on any atom is -0.458 e. The van der Waals surface area contributed by atoms with Gasteiger partial charge in [0.15, 0.2) is 12.4 Å². The Labute approximate surface area is 173 Å². The number of carbonyl (C=O) groups excluding carboxylic acids is 1. The molecular formula is C20H26F2O7S. The van der Waals surface area contributed by atoms with Gasteiger partial charge in [0.1, 0.15) is 0 Å². The minimum absolute atomic E-state index is 0.0594. The highest BCUT2D eigenvalue weighted by molar-refractivity contribution is 7.86. The van der Waals surface area contributed by atoms with Crippen molar-refractivity contribution in [2.45, 2.75) is 68.2 Å². The van der Waals surface area contributed by atoms with Gasteiger partial charge in [0.2, 0.25) is 0 Å². The minimum atomic E-state index is -5.63. The lowest BCUT2D eigenvalue weighted by atomic mass is 9.53. The average Bonchev–Trinajstić information content (AvgIpc) is 3.33. The van der Waals surface area contributed by atoms with Crippen molar-refractivity contribution in [2.24, 2.45) is 41.4 Å². The van der Waals surface area contributed by atoms with Crippen LogP contribution in [0.5, 0.6) is 0 Å². The summed E-state index contributed by atoms with van der Waals surface area (Å²) in [5.41, 5.74) is 0. The number of alkyl halides is 2. The van der Waals surface area contributed by atoms with Crippen molar-refractivity contribution in [1.82, 2.24) is 0 Å². The van der Waals surface area contributed by atoms with Crippen molar-refractivity contribution in [3.63, 3.8) is 0 Å². The maximum atomic E-state index is 13.4. The molecule has 5 unspecified atom stereocenters. The third kappa shape index (κ3) is 2.62. The maximum Gasteiger partial charge on any atom is 0.402 e. The summed E-state index contributed by atoms with van der Waals surface area (Å²) in [6.07, 6.45) is 6.77. The topological polar surface area (TPSA) is 99.1 Å². The molecule has 0 radical (unpaired) electrons. The highest BCUT2D eigenvalue weighted by Crippen LogP contribution is 2.66. The number of hydrogen-bond donors (Lipinski definition) is 1. The molecule has 0 aromatic heterocycles. The molecule has 7 rings (SSSR count).